The number of benzene rings is 2. The van der Waals surface area contributed by atoms with E-state index in [0.29, 0.717) is 12.1 Å². The molecule has 0 radical (unpaired) electrons. The van der Waals surface area contributed by atoms with Gasteiger partial charge in [-0.05, 0) is 30.0 Å². The highest BCUT2D eigenvalue weighted by molar-refractivity contribution is 5.85. The first-order chi connectivity index (χ1) is 18.4. The number of aromatic nitrogens is 3. The van der Waals surface area contributed by atoms with E-state index in [1.165, 1.54) is 4.90 Å². The molecule has 2 aromatic carbocycles. The SMILES string of the molecule is Cl.NC(Cc1ccccc1)C(=O)N[C@@H](CC(=O)N1CCn2c(nnc2C(F)(F)F)C1)Cc1cc(F)c(F)cc1F. The molecule has 2 heterocycles. The molecule has 216 valence electrons. The van der Waals surface area contributed by atoms with Gasteiger partial charge in [-0.3, -0.25) is 9.59 Å². The number of carbonyl (C=O) groups excluding carboxylic acids is 2. The normalized spacial score (nSPS) is 14.6. The summed E-state index contributed by atoms with van der Waals surface area (Å²) in [6.45, 7) is -0.573. The van der Waals surface area contributed by atoms with E-state index in [1.54, 1.807) is 30.3 Å². The van der Waals surface area contributed by atoms with E-state index < -0.39 is 59.8 Å². The van der Waals surface area contributed by atoms with Gasteiger partial charge in [-0.1, -0.05) is 30.3 Å². The first-order valence-electron chi connectivity index (χ1n) is 11.9. The third-order valence-corrected chi connectivity index (χ3v) is 6.32. The third-order valence-electron chi connectivity index (χ3n) is 6.32. The highest BCUT2D eigenvalue weighted by Crippen LogP contribution is 2.29. The monoisotopic (exact) mass is 590 g/mol. The number of halogens is 7. The number of amides is 2. The zero-order valence-electron chi connectivity index (χ0n) is 20.8. The summed E-state index contributed by atoms with van der Waals surface area (Å²) in [4.78, 5) is 27.2. The van der Waals surface area contributed by atoms with E-state index in [1.807, 2.05) is 0 Å². The molecule has 1 aliphatic rings. The van der Waals surface area contributed by atoms with Crippen molar-refractivity contribution in [3.63, 3.8) is 0 Å². The number of nitrogens with zero attached hydrogens (tertiary/aromatic N) is 4. The molecule has 0 bridgehead atoms. The summed E-state index contributed by atoms with van der Waals surface area (Å²) in [5.74, 6) is -6.25. The second-order valence-corrected chi connectivity index (χ2v) is 9.17. The summed E-state index contributed by atoms with van der Waals surface area (Å²) < 4.78 is 81.8. The van der Waals surface area contributed by atoms with Crippen molar-refractivity contribution in [3.05, 3.63) is 82.7 Å². The number of alkyl halides is 3. The van der Waals surface area contributed by atoms with Crippen LogP contribution in [0.25, 0.3) is 0 Å². The van der Waals surface area contributed by atoms with Crippen LogP contribution in [0, 0.1) is 17.5 Å². The van der Waals surface area contributed by atoms with Crippen molar-refractivity contribution in [2.45, 2.75) is 50.6 Å². The van der Waals surface area contributed by atoms with Crippen LogP contribution in [-0.2, 0) is 41.7 Å². The van der Waals surface area contributed by atoms with E-state index in [9.17, 15) is 35.9 Å². The molecule has 2 amide bonds. The van der Waals surface area contributed by atoms with Gasteiger partial charge in [0.05, 0.1) is 12.6 Å². The van der Waals surface area contributed by atoms with Gasteiger partial charge in [-0.15, -0.1) is 22.6 Å². The van der Waals surface area contributed by atoms with Crippen molar-refractivity contribution in [2.24, 2.45) is 5.73 Å². The minimum absolute atomic E-state index is 0. The first-order valence-corrected chi connectivity index (χ1v) is 11.9. The fraction of sp³-hybridized carbons (Fsp3) is 0.360. The fourth-order valence-electron chi connectivity index (χ4n) is 4.35. The maximum atomic E-state index is 14.4. The molecule has 2 atom stereocenters. The van der Waals surface area contributed by atoms with Crippen LogP contribution >= 0.6 is 12.4 Å². The van der Waals surface area contributed by atoms with Gasteiger partial charge in [0, 0.05) is 31.6 Å². The third kappa shape index (κ3) is 7.30. The van der Waals surface area contributed by atoms with Gasteiger partial charge in [0.2, 0.25) is 17.6 Å². The minimum atomic E-state index is -4.71. The lowest BCUT2D eigenvalue weighted by atomic mass is 10.00. The molecule has 0 saturated heterocycles. The van der Waals surface area contributed by atoms with Crippen LogP contribution in [0.2, 0.25) is 0 Å². The second-order valence-electron chi connectivity index (χ2n) is 9.17. The molecular weight excluding hydrogens is 566 g/mol. The predicted molar refractivity (Wildman–Crippen MR) is 132 cm³/mol. The summed E-state index contributed by atoms with van der Waals surface area (Å²) in [6, 6.07) is 7.75. The molecule has 0 spiro atoms. The van der Waals surface area contributed by atoms with Crippen molar-refractivity contribution >= 4 is 24.2 Å². The number of fused-ring (bicyclic) bond motifs is 1. The van der Waals surface area contributed by atoms with Crippen LogP contribution in [-0.4, -0.2) is 50.1 Å². The maximum Gasteiger partial charge on any atom is 0.451 e. The molecule has 4 rings (SSSR count). The topological polar surface area (TPSA) is 106 Å². The number of hydrogen-bond donors (Lipinski definition) is 2. The Hall–Kier alpha value is -3.65. The molecule has 15 heteroatoms. The van der Waals surface area contributed by atoms with Crippen LogP contribution in [0.15, 0.2) is 42.5 Å². The smallest absolute Gasteiger partial charge is 0.351 e. The highest BCUT2D eigenvalue weighted by atomic mass is 35.5. The lowest BCUT2D eigenvalue weighted by Crippen LogP contribution is -2.49. The molecule has 0 saturated carbocycles. The van der Waals surface area contributed by atoms with Crippen LogP contribution in [0.1, 0.15) is 29.2 Å². The standard InChI is InChI=1S/C25H24F6N6O2.ClH/c26-17-12-19(28)18(27)10-15(17)9-16(33-23(39)20(32)8-14-4-2-1-3-5-14)11-22(38)36-6-7-37-21(13-36)34-35-24(37)25(29,30)31;/h1-5,10,12,16,20H,6-9,11,13,32H2,(H,33,39);1H/t16-,20?;/m1./s1. The van der Waals surface area contributed by atoms with Crippen molar-refractivity contribution < 1.29 is 35.9 Å². The van der Waals surface area contributed by atoms with Gasteiger partial charge in [-0.2, -0.15) is 13.2 Å². The van der Waals surface area contributed by atoms with Gasteiger partial charge >= 0.3 is 6.18 Å². The van der Waals surface area contributed by atoms with Crippen LogP contribution in [0.4, 0.5) is 26.3 Å². The molecule has 1 unspecified atom stereocenters. The minimum Gasteiger partial charge on any atom is -0.351 e. The number of carbonyl (C=O) groups is 2. The molecule has 1 aliphatic heterocycles. The van der Waals surface area contributed by atoms with Crippen molar-refractivity contribution in [1.82, 2.24) is 25.0 Å². The second kappa shape index (κ2) is 12.7. The molecule has 3 N–H and O–H groups in total. The number of rotatable bonds is 8. The fourth-order valence-corrected chi connectivity index (χ4v) is 4.35. The van der Waals surface area contributed by atoms with Gasteiger partial charge in [-0.25, -0.2) is 13.2 Å². The maximum absolute atomic E-state index is 14.4. The largest absolute Gasteiger partial charge is 0.451 e. The van der Waals surface area contributed by atoms with Crippen LogP contribution in [0.5, 0.6) is 0 Å². The Morgan fingerprint density at radius 3 is 2.33 bits per heavy atom. The van der Waals surface area contributed by atoms with E-state index in [2.05, 4.69) is 15.5 Å². The van der Waals surface area contributed by atoms with Crippen molar-refractivity contribution in [2.75, 3.05) is 6.54 Å². The summed E-state index contributed by atoms with van der Waals surface area (Å²) in [7, 11) is 0. The predicted octanol–water partition coefficient (Wildman–Crippen LogP) is 3.17. The van der Waals surface area contributed by atoms with E-state index >= 15 is 0 Å². The Kier molecular flexibility index (Phi) is 9.79. The Balaban J connectivity index is 0.00000441. The van der Waals surface area contributed by atoms with Gasteiger partial charge in [0.15, 0.2) is 17.5 Å². The molecule has 3 aromatic rings. The van der Waals surface area contributed by atoms with Crippen LogP contribution < -0.4 is 11.1 Å². The zero-order valence-corrected chi connectivity index (χ0v) is 21.6. The molecule has 40 heavy (non-hydrogen) atoms. The molecule has 1 aromatic heterocycles. The Labute approximate surface area is 230 Å². The van der Waals surface area contributed by atoms with Crippen LogP contribution in [0.3, 0.4) is 0 Å². The van der Waals surface area contributed by atoms with Crippen molar-refractivity contribution in [3.8, 4) is 0 Å². The van der Waals surface area contributed by atoms with E-state index in [0.717, 1.165) is 10.1 Å². The number of hydrogen-bond acceptors (Lipinski definition) is 5. The molecule has 0 aliphatic carbocycles. The van der Waals surface area contributed by atoms with E-state index in [-0.39, 0.29) is 56.3 Å². The molecular formula is C25H25ClF6N6O2. The Morgan fingerprint density at radius 1 is 0.975 bits per heavy atom. The van der Waals surface area contributed by atoms with Gasteiger partial charge in [0.1, 0.15) is 5.82 Å². The average Bonchev–Trinajstić information content (AvgIpc) is 3.32. The highest BCUT2D eigenvalue weighted by Gasteiger charge is 2.40. The summed E-state index contributed by atoms with van der Waals surface area (Å²) in [5.41, 5.74) is 6.52. The van der Waals surface area contributed by atoms with Gasteiger partial charge < -0.3 is 20.5 Å². The first kappa shape index (κ1) is 30.9. The molecule has 0 fully saturated rings. The summed E-state index contributed by atoms with van der Waals surface area (Å²) >= 11 is 0. The Morgan fingerprint density at radius 2 is 1.65 bits per heavy atom. The van der Waals surface area contributed by atoms with E-state index in [4.69, 9.17) is 5.73 Å². The van der Waals surface area contributed by atoms with Crippen molar-refractivity contribution in [1.29, 1.82) is 0 Å². The Bertz CT molecular complexity index is 1350. The summed E-state index contributed by atoms with van der Waals surface area (Å²) in [5, 5.41) is 9.28. The summed E-state index contributed by atoms with van der Waals surface area (Å²) in [6.07, 6.45) is -5.33. The van der Waals surface area contributed by atoms with Gasteiger partial charge in [0.25, 0.3) is 0 Å². The lowest BCUT2D eigenvalue weighted by Gasteiger charge is -2.30. The molecule has 8 nitrogen and oxygen atoms in total. The zero-order chi connectivity index (χ0) is 28.3. The lowest BCUT2D eigenvalue weighted by molar-refractivity contribution is -0.148. The number of nitrogens with one attached hydrogen (secondary N) is 1. The quantitative estimate of drug-likeness (QED) is 0.310. The average molecular weight is 591 g/mol. The number of nitrogens with two attached hydrogens (primary N) is 1.